The Kier molecular flexibility index (Phi) is 1.85. The lowest BCUT2D eigenvalue weighted by molar-refractivity contribution is 0.412. The van der Waals surface area contributed by atoms with Gasteiger partial charge in [-0.1, -0.05) is 0 Å². The second kappa shape index (κ2) is 3.01. The van der Waals surface area contributed by atoms with E-state index in [1.807, 2.05) is 24.4 Å². The van der Waals surface area contributed by atoms with Crippen LogP contribution in [0, 0.1) is 0 Å². The van der Waals surface area contributed by atoms with Crippen LogP contribution in [0.3, 0.4) is 0 Å². The molecule has 3 heteroatoms. The molecule has 68 valence electrons. The zero-order chi connectivity index (χ0) is 9.26. The topological polar surface area (TPSA) is 34.2 Å². The van der Waals surface area contributed by atoms with E-state index >= 15 is 0 Å². The molecule has 0 saturated heterocycles. The van der Waals surface area contributed by atoms with E-state index in [0.717, 1.165) is 22.4 Å². The van der Waals surface area contributed by atoms with Gasteiger partial charge in [0.25, 0.3) is 0 Å². The monoisotopic (exact) mass is 177 g/mol. The lowest BCUT2D eigenvalue weighted by Gasteiger charge is -2.00. The van der Waals surface area contributed by atoms with Gasteiger partial charge in [-0.15, -0.1) is 0 Å². The highest BCUT2D eigenvalue weighted by atomic mass is 16.5. The van der Waals surface area contributed by atoms with Crippen molar-refractivity contribution in [1.29, 1.82) is 0 Å². The summed E-state index contributed by atoms with van der Waals surface area (Å²) in [7, 11) is 3.31. The number of H-pyrrole nitrogens is 1. The molecule has 1 aromatic carbocycles. The molecule has 2 rings (SSSR count). The Bertz CT molecular complexity index is 420. The van der Waals surface area contributed by atoms with Crippen LogP contribution >= 0.6 is 0 Å². The van der Waals surface area contributed by atoms with Gasteiger partial charge in [0.05, 0.1) is 14.2 Å². The van der Waals surface area contributed by atoms with Crippen LogP contribution in [0.15, 0.2) is 24.4 Å². The highest BCUT2D eigenvalue weighted by Gasteiger charge is 2.03. The fourth-order valence-electron chi connectivity index (χ4n) is 1.37. The second-order valence-electron chi connectivity index (χ2n) is 2.77. The maximum Gasteiger partial charge on any atom is 0.144 e. The van der Waals surface area contributed by atoms with E-state index in [1.54, 1.807) is 14.2 Å². The number of hydrogen-bond donors (Lipinski definition) is 1. The Labute approximate surface area is 76.3 Å². The van der Waals surface area contributed by atoms with Crippen molar-refractivity contribution in [3.63, 3.8) is 0 Å². The lowest BCUT2D eigenvalue weighted by atomic mass is 10.2. The number of hydrogen-bond acceptors (Lipinski definition) is 2. The minimum atomic E-state index is 0.838. The minimum absolute atomic E-state index is 0.838. The van der Waals surface area contributed by atoms with Gasteiger partial charge in [-0.05, 0) is 18.2 Å². The Morgan fingerprint density at radius 2 is 2.00 bits per heavy atom. The summed E-state index contributed by atoms with van der Waals surface area (Å²) in [6, 6.07) is 5.83. The molecule has 3 nitrogen and oxygen atoms in total. The molecule has 0 aliphatic heterocycles. The van der Waals surface area contributed by atoms with E-state index in [9.17, 15) is 0 Å². The normalized spacial score (nSPS) is 10.3. The van der Waals surface area contributed by atoms with Crippen molar-refractivity contribution in [2.75, 3.05) is 14.2 Å². The molecule has 0 unspecified atom stereocenters. The van der Waals surface area contributed by atoms with Crippen LogP contribution in [0.2, 0.25) is 0 Å². The predicted molar refractivity (Wildman–Crippen MR) is 51.4 cm³/mol. The molecule has 0 radical (unpaired) electrons. The third-order valence-electron chi connectivity index (χ3n) is 2.07. The van der Waals surface area contributed by atoms with Gasteiger partial charge in [0, 0.05) is 17.1 Å². The fourth-order valence-corrected chi connectivity index (χ4v) is 1.37. The first-order valence-corrected chi connectivity index (χ1v) is 4.04. The second-order valence-corrected chi connectivity index (χ2v) is 2.77. The van der Waals surface area contributed by atoms with Crippen molar-refractivity contribution in [2.45, 2.75) is 0 Å². The third-order valence-corrected chi connectivity index (χ3v) is 2.07. The van der Waals surface area contributed by atoms with Gasteiger partial charge in [-0.25, -0.2) is 0 Å². The number of rotatable bonds is 2. The predicted octanol–water partition coefficient (Wildman–Crippen LogP) is 2.19. The lowest BCUT2D eigenvalue weighted by Crippen LogP contribution is -1.82. The van der Waals surface area contributed by atoms with Crippen molar-refractivity contribution in [3.8, 4) is 11.5 Å². The zero-order valence-electron chi connectivity index (χ0n) is 7.63. The molecule has 1 N–H and O–H groups in total. The molecule has 0 amide bonds. The summed E-state index contributed by atoms with van der Waals surface area (Å²) in [4.78, 5) is 3.11. The van der Waals surface area contributed by atoms with Crippen LogP contribution in [0.1, 0.15) is 0 Å². The van der Waals surface area contributed by atoms with Crippen molar-refractivity contribution < 1.29 is 9.47 Å². The molecular weight excluding hydrogens is 166 g/mol. The SMILES string of the molecule is COc1ccc2[nH]cc(OC)c2c1. The Hall–Kier alpha value is -1.64. The van der Waals surface area contributed by atoms with Gasteiger partial charge in [0.1, 0.15) is 11.5 Å². The fraction of sp³-hybridized carbons (Fsp3) is 0.200. The maximum absolute atomic E-state index is 5.18. The van der Waals surface area contributed by atoms with Crippen LogP contribution < -0.4 is 9.47 Å². The number of nitrogens with one attached hydrogen (secondary N) is 1. The summed E-state index contributed by atoms with van der Waals surface area (Å²) >= 11 is 0. The van der Waals surface area contributed by atoms with Crippen LogP contribution in [-0.4, -0.2) is 19.2 Å². The van der Waals surface area contributed by atoms with Gasteiger partial charge in [-0.2, -0.15) is 0 Å². The van der Waals surface area contributed by atoms with E-state index < -0.39 is 0 Å². The molecular formula is C10H11NO2. The first-order valence-electron chi connectivity index (χ1n) is 4.04. The molecule has 0 saturated carbocycles. The highest BCUT2D eigenvalue weighted by Crippen LogP contribution is 2.28. The molecule has 1 aromatic heterocycles. The molecule has 2 aromatic rings. The van der Waals surface area contributed by atoms with Crippen LogP contribution in [-0.2, 0) is 0 Å². The summed E-state index contributed by atoms with van der Waals surface area (Å²) in [5, 5.41) is 1.04. The molecule has 0 fully saturated rings. The van der Waals surface area contributed by atoms with Crippen molar-refractivity contribution in [1.82, 2.24) is 4.98 Å². The molecule has 0 bridgehead atoms. The van der Waals surface area contributed by atoms with Gasteiger partial charge in [-0.3, -0.25) is 0 Å². The van der Waals surface area contributed by atoms with Crippen molar-refractivity contribution in [2.24, 2.45) is 0 Å². The average molecular weight is 177 g/mol. The van der Waals surface area contributed by atoms with Crippen LogP contribution in [0.5, 0.6) is 11.5 Å². The molecule has 0 aliphatic rings. The highest BCUT2D eigenvalue weighted by molar-refractivity contribution is 5.87. The Morgan fingerprint density at radius 1 is 1.15 bits per heavy atom. The van der Waals surface area contributed by atoms with Gasteiger partial charge < -0.3 is 14.5 Å². The van der Waals surface area contributed by atoms with Crippen LogP contribution in [0.4, 0.5) is 0 Å². The third kappa shape index (κ3) is 1.22. The first kappa shape index (κ1) is 7.98. The quantitative estimate of drug-likeness (QED) is 0.762. The van der Waals surface area contributed by atoms with Crippen molar-refractivity contribution in [3.05, 3.63) is 24.4 Å². The Morgan fingerprint density at radius 3 is 2.69 bits per heavy atom. The van der Waals surface area contributed by atoms with Crippen molar-refractivity contribution >= 4 is 10.9 Å². The average Bonchev–Trinajstić information content (AvgIpc) is 2.59. The molecule has 13 heavy (non-hydrogen) atoms. The maximum atomic E-state index is 5.18. The number of aromatic amines is 1. The zero-order valence-corrected chi connectivity index (χ0v) is 7.63. The molecule has 0 spiro atoms. The molecule has 0 atom stereocenters. The standard InChI is InChI=1S/C10H11NO2/c1-12-7-3-4-9-8(5-7)10(13-2)6-11-9/h3-6,11H,1-2H3. The summed E-state index contributed by atoms with van der Waals surface area (Å²) in [5.74, 6) is 1.68. The number of aromatic nitrogens is 1. The van der Waals surface area contributed by atoms with E-state index in [-0.39, 0.29) is 0 Å². The number of fused-ring (bicyclic) bond motifs is 1. The smallest absolute Gasteiger partial charge is 0.144 e. The van der Waals surface area contributed by atoms with Crippen LogP contribution in [0.25, 0.3) is 10.9 Å². The number of ether oxygens (including phenoxy) is 2. The summed E-state index contributed by atoms with van der Waals surface area (Å²) in [6.07, 6.45) is 1.84. The van der Waals surface area contributed by atoms with Gasteiger partial charge >= 0.3 is 0 Å². The van der Waals surface area contributed by atoms with E-state index in [2.05, 4.69) is 4.98 Å². The van der Waals surface area contributed by atoms with Gasteiger partial charge in [0.15, 0.2) is 0 Å². The largest absolute Gasteiger partial charge is 0.497 e. The molecule has 0 aliphatic carbocycles. The first-order chi connectivity index (χ1) is 6.35. The number of benzene rings is 1. The minimum Gasteiger partial charge on any atom is -0.497 e. The summed E-state index contributed by atoms with van der Waals surface area (Å²) < 4.78 is 10.3. The number of methoxy groups -OCH3 is 2. The van der Waals surface area contributed by atoms with E-state index in [4.69, 9.17) is 9.47 Å². The summed E-state index contributed by atoms with van der Waals surface area (Å²) in [6.45, 7) is 0. The Balaban J connectivity index is 2.64. The van der Waals surface area contributed by atoms with E-state index in [0.29, 0.717) is 0 Å². The van der Waals surface area contributed by atoms with Gasteiger partial charge in [0.2, 0.25) is 0 Å². The van der Waals surface area contributed by atoms with E-state index in [1.165, 1.54) is 0 Å². The summed E-state index contributed by atoms with van der Waals surface area (Å²) in [5.41, 5.74) is 1.05. The molecule has 1 heterocycles.